The van der Waals surface area contributed by atoms with E-state index < -0.39 is 5.82 Å². The van der Waals surface area contributed by atoms with Gasteiger partial charge < -0.3 is 14.5 Å². The zero-order chi connectivity index (χ0) is 30.2. The lowest BCUT2D eigenvalue weighted by molar-refractivity contribution is 0.0711. The van der Waals surface area contributed by atoms with E-state index in [1.165, 1.54) is 25.0 Å². The summed E-state index contributed by atoms with van der Waals surface area (Å²) in [6.07, 6.45) is 6.39. The van der Waals surface area contributed by atoms with Crippen LogP contribution >= 0.6 is 0 Å². The fraction of sp³-hybridized carbons (Fsp3) is 0.441. The van der Waals surface area contributed by atoms with Gasteiger partial charge in [0.2, 0.25) is 0 Å². The van der Waals surface area contributed by atoms with Crippen LogP contribution in [0.5, 0.6) is 5.75 Å². The lowest BCUT2D eigenvalue weighted by Gasteiger charge is -2.30. The molecule has 3 heterocycles. The standard InChI is InChI=1S/C34H42FN5O3/c1-26(2)38-17-6-18-40(34(42)27-11-13-36-14-12-27)32-10-9-30(35)23-29(32)25-39(20-19-38)33(41)28-7-5-8-31(24-28)43-22-21-37-15-3-4-16-37/h5,7-14,23-24,26H,3-4,6,15-22,25H2,1-2H3. The number of carbonyl (C=O) groups excluding carboxylic acids is 2. The minimum atomic E-state index is -0.408. The van der Waals surface area contributed by atoms with Crippen molar-refractivity contribution in [2.24, 2.45) is 0 Å². The monoisotopic (exact) mass is 587 g/mol. The number of aromatic nitrogens is 1. The van der Waals surface area contributed by atoms with Gasteiger partial charge in [-0.15, -0.1) is 0 Å². The Hall–Kier alpha value is -3.82. The Balaban J connectivity index is 1.43. The number of likely N-dealkylation sites (tertiary alicyclic amines) is 1. The van der Waals surface area contributed by atoms with Crippen LogP contribution in [0.2, 0.25) is 0 Å². The van der Waals surface area contributed by atoms with Crippen LogP contribution in [0.25, 0.3) is 0 Å². The lowest BCUT2D eigenvalue weighted by Crippen LogP contribution is -2.41. The quantitative estimate of drug-likeness (QED) is 0.383. The highest BCUT2D eigenvalue weighted by Crippen LogP contribution is 2.27. The summed E-state index contributed by atoms with van der Waals surface area (Å²) in [4.78, 5) is 40.0. The summed E-state index contributed by atoms with van der Waals surface area (Å²) < 4.78 is 20.7. The molecular formula is C34H42FN5O3. The molecule has 8 nitrogen and oxygen atoms in total. The van der Waals surface area contributed by atoms with Gasteiger partial charge in [0.15, 0.2) is 0 Å². The SMILES string of the molecule is CC(C)N1CCCN(C(=O)c2ccncc2)c2ccc(F)cc2CN(C(=O)c2cccc(OCCN3CCCC3)c2)CC1. The molecule has 0 aliphatic carbocycles. The van der Waals surface area contributed by atoms with Crippen molar-refractivity contribution in [3.8, 4) is 5.75 Å². The van der Waals surface area contributed by atoms with Crippen molar-refractivity contribution in [1.82, 2.24) is 19.7 Å². The zero-order valence-electron chi connectivity index (χ0n) is 25.3. The molecule has 1 aromatic heterocycles. The lowest BCUT2D eigenvalue weighted by atomic mass is 10.1. The Morgan fingerprint density at radius 2 is 1.65 bits per heavy atom. The van der Waals surface area contributed by atoms with Crippen LogP contribution in [0.15, 0.2) is 67.0 Å². The Bertz CT molecular complexity index is 1380. The molecule has 43 heavy (non-hydrogen) atoms. The van der Waals surface area contributed by atoms with Gasteiger partial charge in [-0.3, -0.25) is 24.4 Å². The molecule has 1 fully saturated rings. The van der Waals surface area contributed by atoms with Crippen LogP contribution in [0.1, 0.15) is 59.4 Å². The maximum absolute atomic E-state index is 14.7. The summed E-state index contributed by atoms with van der Waals surface area (Å²) in [7, 11) is 0. The van der Waals surface area contributed by atoms with E-state index in [-0.39, 0.29) is 24.4 Å². The molecule has 5 rings (SSSR count). The predicted octanol–water partition coefficient (Wildman–Crippen LogP) is 5.10. The van der Waals surface area contributed by atoms with Gasteiger partial charge in [-0.1, -0.05) is 6.07 Å². The van der Waals surface area contributed by atoms with Crippen molar-refractivity contribution < 1.29 is 18.7 Å². The highest BCUT2D eigenvalue weighted by molar-refractivity contribution is 6.06. The third kappa shape index (κ3) is 7.97. The fourth-order valence-electron chi connectivity index (χ4n) is 5.89. The van der Waals surface area contributed by atoms with Crippen molar-refractivity contribution in [2.75, 3.05) is 57.3 Å². The molecule has 1 saturated heterocycles. The van der Waals surface area contributed by atoms with Crippen molar-refractivity contribution in [3.05, 3.63) is 89.5 Å². The van der Waals surface area contributed by atoms with E-state index in [9.17, 15) is 14.0 Å². The number of carbonyl (C=O) groups is 2. The van der Waals surface area contributed by atoms with Gasteiger partial charge in [-0.2, -0.15) is 0 Å². The highest BCUT2D eigenvalue weighted by Gasteiger charge is 2.26. The first-order valence-electron chi connectivity index (χ1n) is 15.4. The van der Waals surface area contributed by atoms with E-state index in [0.717, 1.165) is 32.6 Å². The maximum atomic E-state index is 14.7. The van der Waals surface area contributed by atoms with Gasteiger partial charge in [-0.05, 0) is 100 Å². The maximum Gasteiger partial charge on any atom is 0.258 e. The van der Waals surface area contributed by atoms with E-state index in [0.29, 0.717) is 54.4 Å². The number of benzene rings is 2. The average molecular weight is 588 g/mol. The first kappa shape index (κ1) is 30.6. The van der Waals surface area contributed by atoms with Gasteiger partial charge in [0, 0.05) is 74.5 Å². The van der Waals surface area contributed by atoms with Crippen molar-refractivity contribution in [1.29, 1.82) is 0 Å². The first-order chi connectivity index (χ1) is 20.9. The number of hydrogen-bond donors (Lipinski definition) is 0. The van der Waals surface area contributed by atoms with Crippen LogP contribution in [-0.4, -0.2) is 90.0 Å². The number of pyridine rings is 1. The van der Waals surface area contributed by atoms with E-state index in [2.05, 4.69) is 28.6 Å². The number of fused-ring (bicyclic) bond motifs is 1. The van der Waals surface area contributed by atoms with E-state index in [1.807, 2.05) is 12.1 Å². The Morgan fingerprint density at radius 1 is 0.860 bits per heavy atom. The molecule has 3 aromatic rings. The minimum absolute atomic E-state index is 0.157. The molecule has 0 bridgehead atoms. The molecule has 2 aliphatic rings. The third-order valence-corrected chi connectivity index (χ3v) is 8.32. The van der Waals surface area contributed by atoms with Crippen LogP contribution in [-0.2, 0) is 6.54 Å². The second-order valence-electron chi connectivity index (χ2n) is 11.6. The summed E-state index contributed by atoms with van der Waals surface area (Å²) in [5, 5.41) is 0. The number of halogens is 1. The van der Waals surface area contributed by atoms with E-state index >= 15 is 0 Å². The number of hydrogen-bond acceptors (Lipinski definition) is 6. The molecule has 228 valence electrons. The van der Waals surface area contributed by atoms with E-state index in [4.69, 9.17) is 4.74 Å². The Morgan fingerprint density at radius 3 is 2.42 bits per heavy atom. The molecule has 9 heteroatoms. The molecule has 2 amide bonds. The van der Waals surface area contributed by atoms with Crippen molar-refractivity contribution in [2.45, 2.75) is 45.7 Å². The van der Waals surface area contributed by atoms with Gasteiger partial charge >= 0.3 is 0 Å². The van der Waals surface area contributed by atoms with Crippen LogP contribution in [0, 0.1) is 5.82 Å². The molecule has 0 spiro atoms. The zero-order valence-corrected chi connectivity index (χ0v) is 25.3. The topological polar surface area (TPSA) is 69.2 Å². The normalized spacial score (nSPS) is 17.0. The van der Waals surface area contributed by atoms with Gasteiger partial charge in [0.1, 0.15) is 18.2 Å². The average Bonchev–Trinajstić information content (AvgIpc) is 3.53. The largest absolute Gasteiger partial charge is 0.492 e. The Kier molecular flexibility index (Phi) is 10.4. The molecule has 0 atom stereocenters. The molecule has 0 N–H and O–H groups in total. The number of rotatable bonds is 7. The highest BCUT2D eigenvalue weighted by atomic mass is 19.1. The van der Waals surface area contributed by atoms with Crippen molar-refractivity contribution >= 4 is 17.5 Å². The first-order valence-corrected chi connectivity index (χ1v) is 15.4. The minimum Gasteiger partial charge on any atom is -0.492 e. The van der Waals surface area contributed by atoms with Crippen molar-refractivity contribution in [3.63, 3.8) is 0 Å². The summed E-state index contributed by atoms with van der Waals surface area (Å²) in [6, 6.07) is 15.4. The molecular weight excluding hydrogens is 545 g/mol. The van der Waals surface area contributed by atoms with E-state index in [1.54, 1.807) is 52.5 Å². The summed E-state index contributed by atoms with van der Waals surface area (Å²) in [5.41, 5.74) is 2.23. The second-order valence-corrected chi connectivity index (χ2v) is 11.6. The Labute approximate surface area is 254 Å². The third-order valence-electron chi connectivity index (χ3n) is 8.32. The van der Waals surface area contributed by atoms with Gasteiger partial charge in [-0.25, -0.2) is 4.39 Å². The second kappa shape index (κ2) is 14.6. The predicted molar refractivity (Wildman–Crippen MR) is 166 cm³/mol. The number of anilines is 1. The molecule has 2 aliphatic heterocycles. The van der Waals surface area contributed by atoms with Gasteiger partial charge in [0.25, 0.3) is 11.8 Å². The molecule has 0 radical (unpaired) electrons. The molecule has 0 saturated carbocycles. The summed E-state index contributed by atoms with van der Waals surface area (Å²) >= 11 is 0. The van der Waals surface area contributed by atoms with Crippen LogP contribution in [0.4, 0.5) is 10.1 Å². The van der Waals surface area contributed by atoms with Crippen LogP contribution < -0.4 is 9.64 Å². The van der Waals surface area contributed by atoms with Crippen LogP contribution in [0.3, 0.4) is 0 Å². The number of ether oxygens (including phenoxy) is 1. The smallest absolute Gasteiger partial charge is 0.258 e. The van der Waals surface area contributed by atoms with Gasteiger partial charge in [0.05, 0.1) is 0 Å². The number of amides is 2. The summed E-state index contributed by atoms with van der Waals surface area (Å²) in [6.45, 7) is 10.4. The molecule has 2 aromatic carbocycles. The fourth-order valence-corrected chi connectivity index (χ4v) is 5.89. The number of nitrogens with zero attached hydrogens (tertiary/aromatic N) is 5. The summed E-state index contributed by atoms with van der Waals surface area (Å²) in [5.74, 6) is -0.0840. The molecule has 0 unspecified atom stereocenters.